The van der Waals surface area contributed by atoms with Gasteiger partial charge >= 0.3 is 11.9 Å². The van der Waals surface area contributed by atoms with Gasteiger partial charge in [0.1, 0.15) is 11.6 Å². The Balaban J connectivity index is 0.000000738. The van der Waals surface area contributed by atoms with Crippen molar-refractivity contribution in [2.24, 2.45) is 0 Å². The SMILES string of the molecule is CCCCCCN(CCCCCC)c1ccc(-n2c(C)nc(C)cc2=O)cc1F.O=C(O)/C=C\C(=O)O. The predicted molar refractivity (Wildman–Crippen MR) is 144 cm³/mol. The number of aromatic nitrogens is 2. The lowest BCUT2D eigenvalue weighted by Gasteiger charge is -2.26. The first kappa shape index (κ1) is 31.5. The van der Waals surface area contributed by atoms with Crippen LogP contribution in [-0.2, 0) is 9.59 Å². The monoisotopic (exact) mass is 517 g/mol. The van der Waals surface area contributed by atoms with E-state index < -0.39 is 11.9 Å². The molecule has 0 radical (unpaired) electrons. The lowest BCUT2D eigenvalue weighted by Crippen LogP contribution is -2.27. The second kappa shape index (κ2) is 17.1. The van der Waals surface area contributed by atoms with E-state index in [2.05, 4.69) is 23.7 Å². The minimum Gasteiger partial charge on any atom is -0.478 e. The molecule has 0 aliphatic rings. The van der Waals surface area contributed by atoms with E-state index in [1.807, 2.05) is 12.1 Å². The second-order valence-corrected chi connectivity index (χ2v) is 8.87. The first-order valence-corrected chi connectivity index (χ1v) is 12.9. The Kier molecular flexibility index (Phi) is 14.5. The van der Waals surface area contributed by atoms with Gasteiger partial charge in [0.25, 0.3) is 5.56 Å². The maximum Gasteiger partial charge on any atom is 0.328 e. The van der Waals surface area contributed by atoms with Crippen molar-refractivity contribution in [1.82, 2.24) is 9.55 Å². The smallest absolute Gasteiger partial charge is 0.328 e. The van der Waals surface area contributed by atoms with Crippen LogP contribution >= 0.6 is 0 Å². The number of carbonyl (C=O) groups is 2. The summed E-state index contributed by atoms with van der Waals surface area (Å²) in [6, 6.07) is 6.59. The highest BCUT2D eigenvalue weighted by Crippen LogP contribution is 2.24. The number of nitrogens with zero attached hydrogens (tertiary/aromatic N) is 3. The van der Waals surface area contributed by atoms with Gasteiger partial charge in [0.15, 0.2) is 0 Å². The number of anilines is 1. The molecule has 204 valence electrons. The van der Waals surface area contributed by atoms with Crippen LogP contribution in [0.2, 0.25) is 0 Å². The summed E-state index contributed by atoms with van der Waals surface area (Å²) in [5.74, 6) is -2.22. The third kappa shape index (κ3) is 11.9. The van der Waals surface area contributed by atoms with E-state index in [4.69, 9.17) is 10.2 Å². The molecule has 0 aliphatic heterocycles. The summed E-state index contributed by atoms with van der Waals surface area (Å²) in [6.45, 7) is 9.70. The topological polar surface area (TPSA) is 113 Å². The number of benzene rings is 1. The Labute approximate surface area is 218 Å². The zero-order chi connectivity index (χ0) is 27.8. The first-order chi connectivity index (χ1) is 17.6. The molecule has 2 aromatic rings. The maximum atomic E-state index is 15.1. The van der Waals surface area contributed by atoms with Crippen LogP contribution in [0.3, 0.4) is 0 Å². The molecule has 0 fully saturated rings. The van der Waals surface area contributed by atoms with Crippen LogP contribution in [0.4, 0.5) is 10.1 Å². The van der Waals surface area contributed by atoms with Crippen molar-refractivity contribution < 1.29 is 24.2 Å². The summed E-state index contributed by atoms with van der Waals surface area (Å²) >= 11 is 0. The molecular weight excluding hydrogens is 477 g/mol. The molecule has 0 unspecified atom stereocenters. The average Bonchev–Trinajstić information content (AvgIpc) is 2.82. The van der Waals surface area contributed by atoms with Crippen LogP contribution < -0.4 is 10.5 Å². The van der Waals surface area contributed by atoms with Gasteiger partial charge in [-0.15, -0.1) is 0 Å². The Morgan fingerprint density at radius 1 is 0.919 bits per heavy atom. The molecule has 1 heterocycles. The number of carboxylic acid groups (broad SMARTS) is 2. The van der Waals surface area contributed by atoms with E-state index >= 15 is 4.39 Å². The first-order valence-electron chi connectivity index (χ1n) is 12.9. The van der Waals surface area contributed by atoms with Gasteiger partial charge in [-0.1, -0.05) is 52.4 Å². The molecule has 2 rings (SSSR count). The molecule has 0 saturated carbocycles. The van der Waals surface area contributed by atoms with Crippen LogP contribution in [0.15, 0.2) is 41.2 Å². The summed E-state index contributed by atoms with van der Waals surface area (Å²) in [5, 5.41) is 15.6. The summed E-state index contributed by atoms with van der Waals surface area (Å²) < 4.78 is 16.6. The standard InChI is InChI=1S/C24H36FN3O.C4H4O4/c1-5-7-9-11-15-27(16-12-10-8-6-2)23-14-13-21(18-22(23)25)28-20(4)26-19(3)17-24(28)29;5-3(6)1-2-4(7)8/h13-14,17-18H,5-12,15-16H2,1-4H3;1-2H,(H,5,6)(H,7,8)/b;2-1-. The normalized spacial score (nSPS) is 10.7. The highest BCUT2D eigenvalue weighted by molar-refractivity contribution is 5.89. The Morgan fingerprint density at radius 2 is 1.46 bits per heavy atom. The number of hydrogen-bond acceptors (Lipinski definition) is 5. The lowest BCUT2D eigenvalue weighted by atomic mass is 10.1. The molecule has 0 aliphatic carbocycles. The average molecular weight is 518 g/mol. The summed E-state index contributed by atoms with van der Waals surface area (Å²) in [7, 11) is 0. The van der Waals surface area contributed by atoms with Crippen LogP contribution in [0.25, 0.3) is 5.69 Å². The molecule has 0 saturated heterocycles. The van der Waals surface area contributed by atoms with Crippen LogP contribution in [0.5, 0.6) is 0 Å². The second-order valence-electron chi connectivity index (χ2n) is 8.87. The molecule has 37 heavy (non-hydrogen) atoms. The van der Waals surface area contributed by atoms with Crippen molar-refractivity contribution >= 4 is 17.6 Å². The zero-order valence-electron chi connectivity index (χ0n) is 22.4. The van der Waals surface area contributed by atoms with Gasteiger partial charge in [-0.25, -0.2) is 19.0 Å². The van der Waals surface area contributed by atoms with E-state index in [0.29, 0.717) is 35.0 Å². The van der Waals surface area contributed by atoms with Crippen molar-refractivity contribution in [2.45, 2.75) is 79.1 Å². The third-order valence-corrected chi connectivity index (χ3v) is 5.68. The molecule has 2 N–H and O–H groups in total. The van der Waals surface area contributed by atoms with E-state index in [1.54, 1.807) is 13.8 Å². The number of aliphatic carboxylic acids is 2. The number of carboxylic acids is 2. The van der Waals surface area contributed by atoms with Crippen molar-refractivity contribution in [3.05, 3.63) is 64.1 Å². The Hall–Kier alpha value is -3.49. The zero-order valence-corrected chi connectivity index (χ0v) is 22.4. The molecular formula is C28H40FN3O5. The fourth-order valence-electron chi connectivity index (χ4n) is 3.90. The van der Waals surface area contributed by atoms with Gasteiger partial charge < -0.3 is 15.1 Å². The highest BCUT2D eigenvalue weighted by Gasteiger charge is 2.14. The molecule has 1 aromatic carbocycles. The fraction of sp³-hybridized carbons (Fsp3) is 0.500. The number of hydrogen-bond donors (Lipinski definition) is 2. The molecule has 0 bridgehead atoms. The number of rotatable bonds is 14. The van der Waals surface area contributed by atoms with E-state index in [1.165, 1.54) is 55.2 Å². The molecule has 8 nitrogen and oxygen atoms in total. The van der Waals surface area contributed by atoms with Gasteiger partial charge in [0.05, 0.1) is 11.4 Å². The van der Waals surface area contributed by atoms with Gasteiger partial charge in [-0.3, -0.25) is 9.36 Å². The largest absolute Gasteiger partial charge is 0.478 e. The maximum absolute atomic E-state index is 15.1. The Bertz CT molecular complexity index is 1070. The van der Waals surface area contributed by atoms with E-state index in [9.17, 15) is 14.4 Å². The minimum atomic E-state index is -1.26. The lowest BCUT2D eigenvalue weighted by molar-refractivity contribution is -0.134. The number of unbranched alkanes of at least 4 members (excludes halogenated alkanes) is 6. The molecule has 9 heteroatoms. The fourth-order valence-corrected chi connectivity index (χ4v) is 3.90. The van der Waals surface area contributed by atoms with Crippen molar-refractivity contribution in [3.63, 3.8) is 0 Å². The van der Waals surface area contributed by atoms with Gasteiger partial charge in [0.2, 0.25) is 0 Å². The molecule has 1 aromatic heterocycles. The van der Waals surface area contributed by atoms with Crippen molar-refractivity contribution in [3.8, 4) is 5.69 Å². The quantitative estimate of drug-likeness (QED) is 0.245. The minimum absolute atomic E-state index is 0.182. The van der Waals surface area contributed by atoms with E-state index in [-0.39, 0.29) is 11.4 Å². The number of aryl methyl sites for hydroxylation is 2. The number of halogens is 1. The van der Waals surface area contributed by atoms with Crippen LogP contribution in [-0.4, -0.2) is 44.8 Å². The van der Waals surface area contributed by atoms with E-state index in [0.717, 1.165) is 25.9 Å². The summed E-state index contributed by atoms with van der Waals surface area (Å²) in [4.78, 5) is 38.0. The van der Waals surface area contributed by atoms with Gasteiger partial charge in [0, 0.05) is 43.1 Å². The molecule has 0 amide bonds. The summed E-state index contributed by atoms with van der Waals surface area (Å²) in [6.07, 6.45) is 10.4. The van der Waals surface area contributed by atoms with Crippen LogP contribution in [0.1, 0.15) is 76.7 Å². The highest BCUT2D eigenvalue weighted by atomic mass is 19.1. The predicted octanol–water partition coefficient (Wildman–Crippen LogP) is 5.67. The van der Waals surface area contributed by atoms with Crippen LogP contribution in [0, 0.1) is 19.7 Å². The molecule has 0 atom stereocenters. The summed E-state index contributed by atoms with van der Waals surface area (Å²) in [5.41, 5.74) is 1.65. The Morgan fingerprint density at radius 3 is 1.89 bits per heavy atom. The van der Waals surface area contributed by atoms with Gasteiger partial charge in [-0.05, 0) is 38.8 Å². The van der Waals surface area contributed by atoms with Gasteiger partial charge in [-0.2, -0.15) is 0 Å². The molecule has 0 spiro atoms. The third-order valence-electron chi connectivity index (χ3n) is 5.68. The van der Waals surface area contributed by atoms with Crippen molar-refractivity contribution in [1.29, 1.82) is 0 Å². The van der Waals surface area contributed by atoms with Crippen molar-refractivity contribution in [2.75, 3.05) is 18.0 Å².